The predicted molar refractivity (Wildman–Crippen MR) is 106 cm³/mol. The summed E-state index contributed by atoms with van der Waals surface area (Å²) < 4.78 is 27.3. The molecule has 0 aromatic heterocycles. The number of carbonyl (C=O) groups is 1. The Morgan fingerprint density at radius 3 is 2.37 bits per heavy atom. The first-order chi connectivity index (χ1) is 13.0. The van der Waals surface area contributed by atoms with Crippen LogP contribution < -0.4 is 5.32 Å². The topological polar surface area (TPSA) is 69.7 Å². The Bertz CT molecular complexity index is 725. The monoisotopic (exact) mass is 393 g/mol. The highest BCUT2D eigenvalue weighted by molar-refractivity contribution is 7.89. The van der Waals surface area contributed by atoms with E-state index in [-0.39, 0.29) is 11.9 Å². The minimum absolute atomic E-state index is 0.172. The fourth-order valence-corrected chi connectivity index (χ4v) is 5.38. The standard InChI is InChI=1S/C20H31N3O3S/c1-17-16-21-12-15-23(17)20(24)11-8-18-6-9-19(10-7-18)27(25,26)22-13-4-2-3-5-14-22/h6-7,9-10,17,21H,2-5,8,11-16H2,1H3. The fourth-order valence-electron chi connectivity index (χ4n) is 3.87. The lowest BCUT2D eigenvalue weighted by molar-refractivity contribution is -0.133. The molecule has 1 aromatic carbocycles. The Kier molecular flexibility index (Phi) is 6.89. The largest absolute Gasteiger partial charge is 0.337 e. The van der Waals surface area contributed by atoms with Crippen molar-refractivity contribution in [2.45, 2.75) is 56.4 Å². The average molecular weight is 394 g/mol. The van der Waals surface area contributed by atoms with Crippen LogP contribution in [0.5, 0.6) is 0 Å². The van der Waals surface area contributed by atoms with E-state index >= 15 is 0 Å². The molecule has 2 heterocycles. The van der Waals surface area contributed by atoms with Gasteiger partial charge in [0, 0.05) is 45.2 Å². The molecule has 0 radical (unpaired) electrons. The Morgan fingerprint density at radius 1 is 1.07 bits per heavy atom. The van der Waals surface area contributed by atoms with Crippen LogP contribution >= 0.6 is 0 Å². The average Bonchev–Trinajstić information content (AvgIpc) is 2.97. The number of hydrogen-bond donors (Lipinski definition) is 1. The van der Waals surface area contributed by atoms with Gasteiger partial charge in [0.1, 0.15) is 0 Å². The molecule has 6 nitrogen and oxygen atoms in total. The van der Waals surface area contributed by atoms with E-state index in [4.69, 9.17) is 0 Å². The lowest BCUT2D eigenvalue weighted by Gasteiger charge is -2.34. The van der Waals surface area contributed by atoms with Crippen molar-refractivity contribution in [1.82, 2.24) is 14.5 Å². The molecule has 0 bridgehead atoms. The van der Waals surface area contributed by atoms with Gasteiger partial charge in [-0.05, 0) is 43.9 Å². The van der Waals surface area contributed by atoms with Crippen molar-refractivity contribution in [1.29, 1.82) is 0 Å². The van der Waals surface area contributed by atoms with Crippen LogP contribution in [0.3, 0.4) is 0 Å². The maximum absolute atomic E-state index is 12.8. The number of rotatable bonds is 5. The first-order valence-electron chi connectivity index (χ1n) is 10.1. The Labute approximate surface area is 163 Å². The Balaban J connectivity index is 1.59. The molecule has 0 spiro atoms. The van der Waals surface area contributed by atoms with E-state index in [1.54, 1.807) is 16.4 Å². The van der Waals surface area contributed by atoms with Crippen LogP contribution in [0, 0.1) is 0 Å². The number of sulfonamides is 1. The van der Waals surface area contributed by atoms with Gasteiger partial charge in [0.25, 0.3) is 0 Å². The Morgan fingerprint density at radius 2 is 1.74 bits per heavy atom. The minimum Gasteiger partial charge on any atom is -0.337 e. The van der Waals surface area contributed by atoms with Crippen LogP contribution in [0.15, 0.2) is 29.2 Å². The maximum atomic E-state index is 12.8. The summed E-state index contributed by atoms with van der Waals surface area (Å²) in [5.74, 6) is 0.172. The molecule has 0 saturated carbocycles. The van der Waals surface area contributed by atoms with Crippen molar-refractivity contribution in [3.05, 3.63) is 29.8 Å². The van der Waals surface area contributed by atoms with Gasteiger partial charge in [0.2, 0.25) is 15.9 Å². The molecular formula is C20H31N3O3S. The first kappa shape index (κ1) is 20.3. The van der Waals surface area contributed by atoms with E-state index in [0.717, 1.165) is 50.9 Å². The smallest absolute Gasteiger partial charge is 0.243 e. The number of hydrogen-bond acceptors (Lipinski definition) is 4. The van der Waals surface area contributed by atoms with Crippen molar-refractivity contribution in [3.8, 4) is 0 Å². The van der Waals surface area contributed by atoms with E-state index in [9.17, 15) is 13.2 Å². The molecule has 2 saturated heterocycles. The second-order valence-corrected chi connectivity index (χ2v) is 9.54. The molecule has 0 aliphatic carbocycles. The van der Waals surface area contributed by atoms with Gasteiger partial charge in [-0.25, -0.2) is 8.42 Å². The number of benzene rings is 1. The minimum atomic E-state index is -3.41. The van der Waals surface area contributed by atoms with E-state index < -0.39 is 10.0 Å². The Hall–Kier alpha value is -1.44. The third-order valence-corrected chi connectivity index (χ3v) is 7.49. The molecule has 1 N–H and O–H groups in total. The number of nitrogens with one attached hydrogen (secondary N) is 1. The summed E-state index contributed by atoms with van der Waals surface area (Å²) in [5, 5.41) is 3.29. The highest BCUT2D eigenvalue weighted by atomic mass is 32.2. The van der Waals surface area contributed by atoms with Crippen LogP contribution in [0.2, 0.25) is 0 Å². The van der Waals surface area contributed by atoms with Gasteiger partial charge < -0.3 is 10.2 Å². The molecule has 2 fully saturated rings. The van der Waals surface area contributed by atoms with Gasteiger partial charge in [-0.2, -0.15) is 4.31 Å². The van der Waals surface area contributed by atoms with Gasteiger partial charge in [-0.15, -0.1) is 0 Å². The van der Waals surface area contributed by atoms with E-state index in [1.807, 2.05) is 17.0 Å². The fraction of sp³-hybridized carbons (Fsp3) is 0.650. The van der Waals surface area contributed by atoms with Gasteiger partial charge in [0.15, 0.2) is 0 Å². The number of nitrogens with zero attached hydrogens (tertiary/aromatic N) is 2. The zero-order valence-electron chi connectivity index (χ0n) is 16.2. The quantitative estimate of drug-likeness (QED) is 0.831. The van der Waals surface area contributed by atoms with Crippen LogP contribution in [0.1, 0.15) is 44.6 Å². The molecule has 3 rings (SSSR count). The molecule has 2 aliphatic rings. The predicted octanol–water partition coefficient (Wildman–Crippen LogP) is 2.00. The summed E-state index contributed by atoms with van der Waals surface area (Å²) in [5.41, 5.74) is 1.00. The van der Waals surface area contributed by atoms with Crippen LogP contribution in [-0.4, -0.2) is 62.3 Å². The van der Waals surface area contributed by atoms with Crippen LogP contribution in [0.25, 0.3) is 0 Å². The van der Waals surface area contributed by atoms with Crippen molar-refractivity contribution < 1.29 is 13.2 Å². The summed E-state index contributed by atoms with van der Waals surface area (Å²) in [6.45, 7) is 5.73. The van der Waals surface area contributed by atoms with Crippen molar-refractivity contribution in [2.75, 3.05) is 32.7 Å². The third-order valence-electron chi connectivity index (χ3n) is 5.58. The second kappa shape index (κ2) is 9.17. The first-order valence-corrected chi connectivity index (χ1v) is 11.5. The zero-order valence-corrected chi connectivity index (χ0v) is 17.0. The number of amides is 1. The van der Waals surface area contributed by atoms with E-state index in [0.29, 0.717) is 30.8 Å². The maximum Gasteiger partial charge on any atom is 0.243 e. The summed E-state index contributed by atoms with van der Waals surface area (Å²) in [7, 11) is -3.41. The van der Waals surface area contributed by atoms with Gasteiger partial charge in [-0.3, -0.25) is 4.79 Å². The molecule has 1 aromatic rings. The van der Waals surface area contributed by atoms with Crippen molar-refractivity contribution in [3.63, 3.8) is 0 Å². The normalized spacial score (nSPS) is 22.4. The lowest BCUT2D eigenvalue weighted by atomic mass is 10.1. The lowest BCUT2D eigenvalue weighted by Crippen LogP contribution is -2.52. The molecule has 7 heteroatoms. The van der Waals surface area contributed by atoms with Crippen LogP contribution in [-0.2, 0) is 21.2 Å². The summed E-state index contributed by atoms with van der Waals surface area (Å²) >= 11 is 0. The summed E-state index contributed by atoms with van der Waals surface area (Å²) in [6, 6.07) is 7.30. The highest BCUT2D eigenvalue weighted by Gasteiger charge is 2.25. The van der Waals surface area contributed by atoms with E-state index in [1.165, 1.54) is 0 Å². The SMILES string of the molecule is CC1CNCCN1C(=O)CCc1ccc(S(=O)(=O)N2CCCCCC2)cc1. The molecule has 27 heavy (non-hydrogen) atoms. The second-order valence-electron chi connectivity index (χ2n) is 7.60. The molecule has 150 valence electrons. The number of piperazine rings is 1. The molecule has 1 amide bonds. The molecule has 1 unspecified atom stereocenters. The molecule has 1 atom stereocenters. The summed E-state index contributed by atoms with van der Waals surface area (Å²) in [4.78, 5) is 14.7. The van der Waals surface area contributed by atoms with Gasteiger partial charge >= 0.3 is 0 Å². The highest BCUT2D eigenvalue weighted by Crippen LogP contribution is 2.21. The molecular weight excluding hydrogens is 362 g/mol. The number of carbonyl (C=O) groups excluding carboxylic acids is 1. The van der Waals surface area contributed by atoms with Crippen molar-refractivity contribution in [2.24, 2.45) is 0 Å². The van der Waals surface area contributed by atoms with Crippen molar-refractivity contribution >= 4 is 15.9 Å². The zero-order chi connectivity index (χ0) is 19.3. The van der Waals surface area contributed by atoms with Gasteiger partial charge in [0.05, 0.1) is 4.90 Å². The third kappa shape index (κ3) is 5.09. The summed E-state index contributed by atoms with van der Waals surface area (Å²) in [6.07, 6.45) is 5.17. The van der Waals surface area contributed by atoms with Gasteiger partial charge in [-0.1, -0.05) is 25.0 Å². The van der Waals surface area contributed by atoms with E-state index in [2.05, 4.69) is 12.2 Å². The molecule has 2 aliphatic heterocycles. The number of aryl methyl sites for hydroxylation is 1. The van der Waals surface area contributed by atoms with Crippen LogP contribution in [0.4, 0.5) is 0 Å².